The Bertz CT molecular complexity index is 1350. The van der Waals surface area contributed by atoms with E-state index >= 15 is 0 Å². The molecule has 1 amide bonds. The number of ether oxygens (including phenoxy) is 2. The number of rotatable bonds is 8. The number of methoxy groups -OCH3 is 2. The van der Waals surface area contributed by atoms with Crippen LogP contribution in [-0.2, 0) is 9.59 Å². The Labute approximate surface area is 221 Å². The van der Waals surface area contributed by atoms with Crippen LogP contribution in [0.5, 0.6) is 11.5 Å². The van der Waals surface area contributed by atoms with Gasteiger partial charge in [-0.25, -0.2) is 0 Å². The second-order valence-electron chi connectivity index (χ2n) is 8.45. The Morgan fingerprint density at radius 3 is 2.19 bits per heavy atom. The summed E-state index contributed by atoms with van der Waals surface area (Å²) in [6.45, 7) is 5.84. The zero-order valence-electron chi connectivity index (χ0n) is 21.2. The third-order valence-corrected chi connectivity index (χ3v) is 6.85. The number of para-hydroxylation sites is 2. The van der Waals surface area contributed by atoms with Gasteiger partial charge in [0.2, 0.25) is 0 Å². The summed E-state index contributed by atoms with van der Waals surface area (Å²) >= 11 is 6.30. The van der Waals surface area contributed by atoms with Gasteiger partial charge in [-0.15, -0.1) is 0 Å². The Morgan fingerprint density at radius 1 is 0.946 bits per heavy atom. The molecule has 4 rings (SSSR count). The summed E-state index contributed by atoms with van der Waals surface area (Å²) in [4.78, 5) is 30.5. The fourth-order valence-electron chi connectivity index (χ4n) is 4.65. The molecule has 0 aromatic heterocycles. The van der Waals surface area contributed by atoms with Crippen molar-refractivity contribution >= 4 is 40.4 Å². The molecule has 0 spiro atoms. The molecule has 0 saturated carbocycles. The van der Waals surface area contributed by atoms with E-state index in [9.17, 15) is 14.7 Å². The van der Waals surface area contributed by atoms with Gasteiger partial charge < -0.3 is 19.5 Å². The highest BCUT2D eigenvalue weighted by atomic mass is 35.5. The minimum Gasteiger partial charge on any atom is -0.507 e. The van der Waals surface area contributed by atoms with Crippen LogP contribution < -0.4 is 19.3 Å². The summed E-state index contributed by atoms with van der Waals surface area (Å²) in [5.74, 6) is -1.02. The number of Topliss-reactive ketones (excluding diaryl/α,β-unsaturated/α-hetero) is 1. The van der Waals surface area contributed by atoms with Gasteiger partial charge in [0, 0.05) is 24.3 Å². The lowest BCUT2D eigenvalue weighted by Crippen LogP contribution is -2.30. The Morgan fingerprint density at radius 2 is 1.59 bits per heavy atom. The quantitative estimate of drug-likeness (QED) is 0.229. The van der Waals surface area contributed by atoms with Gasteiger partial charge in [0.25, 0.3) is 11.7 Å². The number of aliphatic hydroxyl groups excluding tert-OH is 1. The van der Waals surface area contributed by atoms with Crippen molar-refractivity contribution in [3.05, 3.63) is 88.5 Å². The third-order valence-electron chi connectivity index (χ3n) is 6.55. The molecule has 1 unspecified atom stereocenters. The minimum atomic E-state index is -0.886. The van der Waals surface area contributed by atoms with Crippen molar-refractivity contribution in [3.8, 4) is 11.5 Å². The molecule has 3 aromatic rings. The van der Waals surface area contributed by atoms with E-state index in [1.54, 1.807) is 36.4 Å². The molecule has 1 saturated heterocycles. The highest BCUT2D eigenvalue weighted by Crippen LogP contribution is 2.45. The Balaban J connectivity index is 1.93. The fourth-order valence-corrected chi connectivity index (χ4v) is 4.91. The highest BCUT2D eigenvalue weighted by Gasteiger charge is 2.47. The molecular formula is C29H29ClN2O5. The van der Waals surface area contributed by atoms with Gasteiger partial charge in [-0.05, 0) is 61.9 Å². The van der Waals surface area contributed by atoms with Crippen LogP contribution in [0.15, 0.2) is 72.3 Å². The second kappa shape index (κ2) is 11.0. The summed E-state index contributed by atoms with van der Waals surface area (Å²) in [6.07, 6.45) is 0. The van der Waals surface area contributed by atoms with Gasteiger partial charge in [0.05, 0.1) is 36.5 Å². The van der Waals surface area contributed by atoms with E-state index < -0.39 is 17.7 Å². The average molecular weight is 521 g/mol. The highest BCUT2D eigenvalue weighted by molar-refractivity contribution is 6.52. The van der Waals surface area contributed by atoms with Gasteiger partial charge in [-0.3, -0.25) is 14.5 Å². The molecule has 0 aliphatic carbocycles. The normalized spacial score (nSPS) is 16.7. The van der Waals surface area contributed by atoms with Crippen LogP contribution in [0, 0.1) is 0 Å². The van der Waals surface area contributed by atoms with Crippen LogP contribution in [0.25, 0.3) is 5.76 Å². The van der Waals surface area contributed by atoms with E-state index in [1.807, 2.05) is 24.3 Å². The molecule has 1 aliphatic heterocycles. The van der Waals surface area contributed by atoms with E-state index in [-0.39, 0.29) is 16.4 Å². The average Bonchev–Trinajstić information content (AvgIpc) is 3.19. The largest absolute Gasteiger partial charge is 0.507 e. The maximum atomic E-state index is 13.5. The molecule has 1 fully saturated rings. The molecule has 3 aromatic carbocycles. The molecular weight excluding hydrogens is 492 g/mol. The van der Waals surface area contributed by atoms with E-state index in [2.05, 4.69) is 18.7 Å². The van der Waals surface area contributed by atoms with Crippen molar-refractivity contribution in [1.82, 2.24) is 0 Å². The van der Waals surface area contributed by atoms with Gasteiger partial charge in [0.1, 0.15) is 17.3 Å². The zero-order valence-corrected chi connectivity index (χ0v) is 22.0. The van der Waals surface area contributed by atoms with E-state index in [1.165, 1.54) is 25.2 Å². The summed E-state index contributed by atoms with van der Waals surface area (Å²) in [5.41, 5.74) is 2.38. The maximum Gasteiger partial charge on any atom is 0.300 e. The molecule has 192 valence electrons. The Hall–Kier alpha value is -3.97. The van der Waals surface area contributed by atoms with Crippen LogP contribution in [0.3, 0.4) is 0 Å². The van der Waals surface area contributed by atoms with Crippen molar-refractivity contribution in [2.24, 2.45) is 0 Å². The number of nitrogens with zero attached hydrogens (tertiary/aromatic N) is 2. The van der Waals surface area contributed by atoms with Crippen molar-refractivity contribution in [3.63, 3.8) is 0 Å². The summed E-state index contributed by atoms with van der Waals surface area (Å²) in [7, 11) is 2.99. The first-order valence-electron chi connectivity index (χ1n) is 12.0. The molecule has 7 nitrogen and oxygen atoms in total. The number of anilines is 2. The monoisotopic (exact) mass is 520 g/mol. The molecule has 1 atom stereocenters. The number of hydrogen-bond acceptors (Lipinski definition) is 6. The lowest BCUT2D eigenvalue weighted by atomic mass is 9.94. The fraction of sp³-hybridized carbons (Fsp3) is 0.241. The van der Waals surface area contributed by atoms with Gasteiger partial charge in [0.15, 0.2) is 0 Å². The SMILES string of the molecule is CCN(CC)c1ccc(C2/C(=C(/O)c3ccc(OC)c(Cl)c3)C(=O)C(=O)N2c2ccccc2OC)cc1. The molecule has 0 radical (unpaired) electrons. The summed E-state index contributed by atoms with van der Waals surface area (Å²) < 4.78 is 10.7. The van der Waals surface area contributed by atoms with E-state index in [0.29, 0.717) is 28.3 Å². The number of carbonyl (C=O) groups is 2. The molecule has 1 N–H and O–H groups in total. The smallest absolute Gasteiger partial charge is 0.300 e. The predicted molar refractivity (Wildman–Crippen MR) is 146 cm³/mol. The van der Waals surface area contributed by atoms with E-state index in [0.717, 1.165) is 18.8 Å². The summed E-state index contributed by atoms with van der Waals surface area (Å²) in [6, 6.07) is 18.5. The minimum absolute atomic E-state index is 0.0345. The number of ketones is 1. The first kappa shape index (κ1) is 26.1. The van der Waals surface area contributed by atoms with Crippen molar-refractivity contribution < 1.29 is 24.2 Å². The van der Waals surface area contributed by atoms with Crippen molar-refractivity contribution in [1.29, 1.82) is 0 Å². The standard InChI is InChI=1S/C29H29ClN2O5/c1-5-31(6-2)20-14-11-18(12-15-20)26-25(27(33)19-13-16-23(36-3)21(30)17-19)28(34)29(35)32(26)22-9-7-8-10-24(22)37-4/h7-17,26,33H,5-6H2,1-4H3/b27-25-. The Kier molecular flexibility index (Phi) is 7.74. The number of aliphatic hydroxyl groups is 1. The number of amides is 1. The lowest BCUT2D eigenvalue weighted by molar-refractivity contribution is -0.132. The molecule has 37 heavy (non-hydrogen) atoms. The molecule has 8 heteroatoms. The van der Waals surface area contributed by atoms with E-state index in [4.69, 9.17) is 21.1 Å². The van der Waals surface area contributed by atoms with Gasteiger partial charge in [-0.2, -0.15) is 0 Å². The predicted octanol–water partition coefficient (Wildman–Crippen LogP) is 5.83. The van der Waals surface area contributed by atoms with Gasteiger partial charge in [-0.1, -0.05) is 35.9 Å². The zero-order chi connectivity index (χ0) is 26.7. The lowest BCUT2D eigenvalue weighted by Gasteiger charge is -2.27. The topological polar surface area (TPSA) is 79.3 Å². The number of hydrogen-bond donors (Lipinski definition) is 1. The van der Waals surface area contributed by atoms with Gasteiger partial charge >= 0.3 is 0 Å². The van der Waals surface area contributed by atoms with Crippen LogP contribution in [-0.4, -0.2) is 44.1 Å². The van der Waals surface area contributed by atoms with Crippen LogP contribution in [0.1, 0.15) is 31.0 Å². The van der Waals surface area contributed by atoms with Crippen LogP contribution >= 0.6 is 11.6 Å². The first-order valence-corrected chi connectivity index (χ1v) is 12.4. The summed E-state index contributed by atoms with van der Waals surface area (Å²) in [5, 5.41) is 11.6. The van der Waals surface area contributed by atoms with Crippen molar-refractivity contribution in [2.75, 3.05) is 37.1 Å². The second-order valence-corrected chi connectivity index (χ2v) is 8.86. The number of carbonyl (C=O) groups excluding carboxylic acids is 2. The first-order chi connectivity index (χ1) is 17.9. The number of benzene rings is 3. The number of halogens is 1. The molecule has 1 aliphatic rings. The molecule has 1 heterocycles. The molecule has 0 bridgehead atoms. The van der Waals surface area contributed by atoms with Crippen LogP contribution in [0.2, 0.25) is 5.02 Å². The maximum absolute atomic E-state index is 13.5. The van der Waals surface area contributed by atoms with Crippen LogP contribution in [0.4, 0.5) is 11.4 Å². The van der Waals surface area contributed by atoms with Crippen molar-refractivity contribution in [2.45, 2.75) is 19.9 Å². The third kappa shape index (κ3) is 4.74.